The van der Waals surface area contributed by atoms with E-state index in [2.05, 4.69) is 37.4 Å². The molecule has 0 saturated carbocycles. The second kappa shape index (κ2) is 6.20. The summed E-state index contributed by atoms with van der Waals surface area (Å²) in [6.45, 7) is 9.23. The number of ether oxygens (including phenoxy) is 1. The molecule has 1 atom stereocenters. The lowest BCUT2D eigenvalue weighted by Gasteiger charge is -2.20. The summed E-state index contributed by atoms with van der Waals surface area (Å²) >= 11 is 0. The van der Waals surface area contributed by atoms with Crippen LogP contribution in [0.25, 0.3) is 10.8 Å². The summed E-state index contributed by atoms with van der Waals surface area (Å²) in [5.41, 5.74) is 2.14. The van der Waals surface area contributed by atoms with Crippen molar-refractivity contribution in [2.24, 2.45) is 0 Å². The highest BCUT2D eigenvalue weighted by molar-refractivity contribution is 5.88. The Hall–Kier alpha value is -2.35. The predicted molar refractivity (Wildman–Crippen MR) is 82.5 cm³/mol. The number of carbonyl (C=O) groups excluding carboxylic acids is 1. The van der Waals surface area contributed by atoms with Gasteiger partial charge in [-0.2, -0.15) is 0 Å². The first-order chi connectivity index (χ1) is 9.67. The van der Waals surface area contributed by atoms with Crippen LogP contribution >= 0.6 is 0 Å². The number of hydrogen-bond acceptors (Lipinski definition) is 2. The van der Waals surface area contributed by atoms with Gasteiger partial charge in [-0.05, 0) is 23.3 Å². The molecule has 0 amide bonds. The Morgan fingerprint density at radius 2 is 2.00 bits per heavy atom. The lowest BCUT2D eigenvalue weighted by atomic mass is 9.94. The summed E-state index contributed by atoms with van der Waals surface area (Å²) in [5.74, 6) is -0.413. The van der Waals surface area contributed by atoms with Crippen molar-refractivity contribution in [3.63, 3.8) is 0 Å². The van der Waals surface area contributed by atoms with Gasteiger partial charge in [-0.3, -0.25) is 0 Å². The van der Waals surface area contributed by atoms with Crippen LogP contribution in [0.4, 0.5) is 0 Å². The smallest absolute Gasteiger partial charge is 0.330 e. The van der Waals surface area contributed by atoms with E-state index in [-0.39, 0.29) is 6.10 Å². The van der Waals surface area contributed by atoms with Crippen molar-refractivity contribution in [1.82, 2.24) is 0 Å². The molecular weight excluding hydrogens is 248 g/mol. The molecule has 0 N–H and O–H groups in total. The van der Waals surface area contributed by atoms with E-state index in [0.717, 1.165) is 21.9 Å². The van der Waals surface area contributed by atoms with Crippen molar-refractivity contribution >= 4 is 16.7 Å². The summed E-state index contributed by atoms with van der Waals surface area (Å²) in [6.07, 6.45) is 3.21. The highest BCUT2D eigenvalue weighted by Gasteiger charge is 2.18. The first-order valence-electron chi connectivity index (χ1n) is 6.59. The molecule has 2 heteroatoms. The Bertz CT molecular complexity index is 656. The highest BCUT2D eigenvalue weighted by Crippen LogP contribution is 2.32. The van der Waals surface area contributed by atoms with Crippen LogP contribution in [0, 0.1) is 6.92 Å². The number of fused-ring (bicyclic) bond motifs is 1. The van der Waals surface area contributed by atoms with Crippen molar-refractivity contribution in [3.8, 4) is 0 Å². The summed E-state index contributed by atoms with van der Waals surface area (Å²) < 4.78 is 5.49. The van der Waals surface area contributed by atoms with Gasteiger partial charge in [-0.25, -0.2) is 4.79 Å². The van der Waals surface area contributed by atoms with Gasteiger partial charge >= 0.3 is 5.97 Å². The topological polar surface area (TPSA) is 26.3 Å². The van der Waals surface area contributed by atoms with Gasteiger partial charge in [0.05, 0.1) is 0 Å². The Labute approximate surface area is 119 Å². The average molecular weight is 266 g/mol. The van der Waals surface area contributed by atoms with Gasteiger partial charge in [0.15, 0.2) is 0 Å². The monoisotopic (exact) mass is 266 g/mol. The quantitative estimate of drug-likeness (QED) is 0.452. The van der Waals surface area contributed by atoms with Gasteiger partial charge in [-0.1, -0.05) is 49.1 Å². The fraction of sp³-hybridized carbons (Fsp3) is 0.167. The zero-order chi connectivity index (χ0) is 14.5. The number of hydrogen-bond donors (Lipinski definition) is 0. The molecule has 20 heavy (non-hydrogen) atoms. The van der Waals surface area contributed by atoms with Crippen LogP contribution in [0.3, 0.4) is 0 Å². The molecule has 0 aliphatic heterocycles. The minimum Gasteiger partial charge on any atom is -0.454 e. The third-order valence-electron chi connectivity index (χ3n) is 3.32. The van der Waals surface area contributed by atoms with E-state index in [4.69, 9.17) is 4.74 Å². The normalized spacial score (nSPS) is 11.8. The molecular formula is C18H18O2. The minimum atomic E-state index is -0.413. The number of aryl methyl sites for hydroxylation is 1. The first-order valence-corrected chi connectivity index (χ1v) is 6.59. The number of esters is 1. The summed E-state index contributed by atoms with van der Waals surface area (Å²) in [5, 5.41) is 2.24. The van der Waals surface area contributed by atoms with Crippen LogP contribution in [-0.4, -0.2) is 5.97 Å². The molecule has 0 aliphatic carbocycles. The van der Waals surface area contributed by atoms with E-state index in [1.807, 2.05) is 19.1 Å². The van der Waals surface area contributed by atoms with E-state index < -0.39 is 5.97 Å². The Morgan fingerprint density at radius 3 is 2.70 bits per heavy atom. The van der Waals surface area contributed by atoms with Crippen molar-refractivity contribution in [1.29, 1.82) is 0 Å². The van der Waals surface area contributed by atoms with Gasteiger partial charge in [0.2, 0.25) is 0 Å². The summed E-state index contributed by atoms with van der Waals surface area (Å²) in [7, 11) is 0. The second-order valence-corrected chi connectivity index (χ2v) is 4.67. The van der Waals surface area contributed by atoms with Crippen LogP contribution in [0.1, 0.15) is 23.7 Å². The Balaban J connectivity index is 2.56. The number of rotatable bonds is 5. The molecule has 0 saturated heterocycles. The fourth-order valence-electron chi connectivity index (χ4n) is 2.40. The second-order valence-electron chi connectivity index (χ2n) is 4.67. The SMILES string of the molecule is C=CC[C@@H](OC(=O)C=C)c1c(C)ccc2ccccc12. The molecule has 0 radical (unpaired) electrons. The van der Waals surface area contributed by atoms with Crippen molar-refractivity contribution in [3.05, 3.63) is 72.8 Å². The minimum absolute atomic E-state index is 0.330. The maximum Gasteiger partial charge on any atom is 0.330 e. The van der Waals surface area contributed by atoms with Gasteiger partial charge in [0.1, 0.15) is 6.10 Å². The lowest BCUT2D eigenvalue weighted by Crippen LogP contribution is -2.10. The maximum atomic E-state index is 11.5. The van der Waals surface area contributed by atoms with Crippen LogP contribution in [0.2, 0.25) is 0 Å². The lowest BCUT2D eigenvalue weighted by molar-refractivity contribution is -0.143. The number of carbonyl (C=O) groups is 1. The van der Waals surface area contributed by atoms with Crippen molar-refractivity contribution in [2.75, 3.05) is 0 Å². The molecule has 0 unspecified atom stereocenters. The zero-order valence-electron chi connectivity index (χ0n) is 11.6. The standard InChI is InChI=1S/C18H18O2/c1-4-8-16(20-17(19)5-2)18-13(3)11-12-14-9-6-7-10-15(14)18/h4-7,9-12,16H,1-2,8H2,3H3/t16-/m1/s1. The van der Waals surface area contributed by atoms with Gasteiger partial charge < -0.3 is 4.74 Å². The van der Waals surface area contributed by atoms with Crippen LogP contribution in [-0.2, 0) is 9.53 Å². The van der Waals surface area contributed by atoms with Crippen LogP contribution in [0.15, 0.2) is 61.7 Å². The molecule has 0 heterocycles. The molecule has 2 aromatic rings. The predicted octanol–water partition coefficient (Wildman–Crippen LogP) is 4.49. The van der Waals surface area contributed by atoms with Crippen LogP contribution in [0.5, 0.6) is 0 Å². The van der Waals surface area contributed by atoms with E-state index in [1.54, 1.807) is 6.08 Å². The third-order valence-corrected chi connectivity index (χ3v) is 3.32. The Kier molecular flexibility index (Phi) is 4.36. The van der Waals surface area contributed by atoms with Gasteiger partial charge in [0, 0.05) is 18.1 Å². The molecule has 0 aromatic heterocycles. The van der Waals surface area contributed by atoms with E-state index in [0.29, 0.717) is 6.42 Å². The van der Waals surface area contributed by atoms with Gasteiger partial charge in [0.25, 0.3) is 0 Å². The van der Waals surface area contributed by atoms with Crippen molar-refractivity contribution < 1.29 is 9.53 Å². The fourth-order valence-corrected chi connectivity index (χ4v) is 2.40. The molecule has 0 bridgehead atoms. The molecule has 2 nitrogen and oxygen atoms in total. The molecule has 2 rings (SSSR count). The zero-order valence-corrected chi connectivity index (χ0v) is 11.6. The summed E-state index contributed by atoms with van der Waals surface area (Å²) in [6, 6.07) is 12.2. The largest absolute Gasteiger partial charge is 0.454 e. The van der Waals surface area contributed by atoms with E-state index >= 15 is 0 Å². The number of benzene rings is 2. The van der Waals surface area contributed by atoms with Crippen LogP contribution < -0.4 is 0 Å². The van der Waals surface area contributed by atoms with E-state index in [9.17, 15) is 4.79 Å². The molecule has 0 spiro atoms. The highest BCUT2D eigenvalue weighted by atomic mass is 16.5. The first kappa shape index (κ1) is 14.1. The molecule has 0 aliphatic rings. The average Bonchev–Trinajstić information content (AvgIpc) is 2.46. The maximum absolute atomic E-state index is 11.5. The Morgan fingerprint density at radius 1 is 1.25 bits per heavy atom. The molecule has 2 aromatic carbocycles. The summed E-state index contributed by atoms with van der Waals surface area (Å²) in [4.78, 5) is 11.5. The van der Waals surface area contributed by atoms with Crippen molar-refractivity contribution in [2.45, 2.75) is 19.4 Å². The molecule has 102 valence electrons. The molecule has 0 fully saturated rings. The van der Waals surface area contributed by atoms with E-state index in [1.165, 1.54) is 6.08 Å². The van der Waals surface area contributed by atoms with Gasteiger partial charge in [-0.15, -0.1) is 6.58 Å². The third kappa shape index (κ3) is 2.80.